The molecule has 1 aromatic heterocycles. The first-order valence-corrected chi connectivity index (χ1v) is 9.92. The summed E-state index contributed by atoms with van der Waals surface area (Å²) in [5, 5.41) is 3.91. The second-order valence-electron chi connectivity index (χ2n) is 7.95. The van der Waals surface area contributed by atoms with Crippen molar-refractivity contribution in [2.24, 2.45) is 0 Å². The fourth-order valence-corrected chi connectivity index (χ4v) is 3.74. The summed E-state index contributed by atoms with van der Waals surface area (Å²) in [6, 6.07) is 13.4. The van der Waals surface area contributed by atoms with Gasteiger partial charge in [0.15, 0.2) is 10.7 Å². The molecule has 1 heterocycles. The van der Waals surface area contributed by atoms with E-state index in [-0.39, 0.29) is 11.3 Å². The third-order valence-corrected chi connectivity index (χ3v) is 5.47. The fraction of sp³-hybridized carbons (Fsp3) is 0.333. The summed E-state index contributed by atoms with van der Waals surface area (Å²) < 4.78 is 6.87. The SMILES string of the molecule is CC(C)(Oc1ccc(C(C)(C)C)cc1)C(=O)Nc1nc2c(Cl)cccc2s1. The van der Waals surface area contributed by atoms with Gasteiger partial charge in [-0.15, -0.1) is 0 Å². The molecule has 0 saturated carbocycles. The lowest BCUT2D eigenvalue weighted by molar-refractivity contribution is -0.128. The van der Waals surface area contributed by atoms with Crippen LogP contribution in [-0.2, 0) is 10.2 Å². The zero-order valence-corrected chi connectivity index (χ0v) is 17.7. The minimum absolute atomic E-state index is 0.0690. The van der Waals surface area contributed by atoms with Gasteiger partial charge in [0.1, 0.15) is 11.3 Å². The van der Waals surface area contributed by atoms with Gasteiger partial charge in [-0.25, -0.2) is 4.98 Å². The highest BCUT2D eigenvalue weighted by Crippen LogP contribution is 2.31. The van der Waals surface area contributed by atoms with Crippen LogP contribution >= 0.6 is 22.9 Å². The molecule has 0 fully saturated rings. The number of fused-ring (bicyclic) bond motifs is 1. The molecule has 0 bridgehead atoms. The normalized spacial score (nSPS) is 12.2. The van der Waals surface area contributed by atoms with Gasteiger partial charge in [-0.1, -0.05) is 61.9 Å². The van der Waals surface area contributed by atoms with E-state index in [0.717, 1.165) is 4.70 Å². The fourth-order valence-electron chi connectivity index (χ4n) is 2.58. The Morgan fingerprint density at radius 3 is 2.33 bits per heavy atom. The highest BCUT2D eigenvalue weighted by Gasteiger charge is 2.31. The van der Waals surface area contributed by atoms with Crippen LogP contribution in [0.4, 0.5) is 5.13 Å². The number of hydrogen-bond donors (Lipinski definition) is 1. The average molecular weight is 403 g/mol. The summed E-state index contributed by atoms with van der Waals surface area (Å²) in [6.45, 7) is 9.94. The molecular weight excluding hydrogens is 380 g/mol. The second kappa shape index (κ2) is 7.13. The molecule has 0 saturated heterocycles. The molecule has 1 amide bonds. The highest BCUT2D eigenvalue weighted by atomic mass is 35.5. The summed E-state index contributed by atoms with van der Waals surface area (Å²) in [6.07, 6.45) is 0. The Morgan fingerprint density at radius 1 is 1.07 bits per heavy atom. The van der Waals surface area contributed by atoms with E-state index in [4.69, 9.17) is 16.3 Å². The minimum atomic E-state index is -1.05. The van der Waals surface area contributed by atoms with E-state index in [2.05, 4.69) is 31.1 Å². The molecule has 3 aromatic rings. The van der Waals surface area contributed by atoms with Gasteiger partial charge in [0.05, 0.1) is 9.72 Å². The molecule has 6 heteroatoms. The van der Waals surface area contributed by atoms with Crippen LogP contribution in [0.25, 0.3) is 10.2 Å². The highest BCUT2D eigenvalue weighted by molar-refractivity contribution is 7.22. The maximum Gasteiger partial charge on any atom is 0.269 e. The van der Waals surface area contributed by atoms with Gasteiger partial charge in [-0.05, 0) is 49.1 Å². The van der Waals surface area contributed by atoms with Crippen LogP contribution in [-0.4, -0.2) is 16.5 Å². The Balaban J connectivity index is 1.73. The zero-order chi connectivity index (χ0) is 19.8. The Bertz CT molecular complexity index is 972. The van der Waals surface area contributed by atoms with E-state index in [9.17, 15) is 4.79 Å². The van der Waals surface area contributed by atoms with Gasteiger partial charge in [0.2, 0.25) is 0 Å². The summed E-state index contributed by atoms with van der Waals surface area (Å²) in [4.78, 5) is 17.1. The molecule has 142 valence electrons. The number of ether oxygens (including phenoxy) is 1. The third kappa shape index (κ3) is 4.42. The van der Waals surface area contributed by atoms with Crippen LogP contribution in [0.5, 0.6) is 5.75 Å². The quantitative estimate of drug-likeness (QED) is 0.578. The Labute approximate surface area is 168 Å². The number of rotatable bonds is 4. The van der Waals surface area contributed by atoms with E-state index < -0.39 is 5.60 Å². The van der Waals surface area contributed by atoms with Crippen molar-refractivity contribution in [3.63, 3.8) is 0 Å². The smallest absolute Gasteiger partial charge is 0.269 e. The van der Waals surface area contributed by atoms with Crippen molar-refractivity contribution >= 4 is 44.2 Å². The number of nitrogens with one attached hydrogen (secondary N) is 1. The third-order valence-electron chi connectivity index (χ3n) is 4.23. The van der Waals surface area contributed by atoms with Crippen LogP contribution in [0.15, 0.2) is 42.5 Å². The molecule has 27 heavy (non-hydrogen) atoms. The van der Waals surface area contributed by atoms with E-state index in [1.807, 2.05) is 36.4 Å². The molecule has 2 aromatic carbocycles. The van der Waals surface area contributed by atoms with Crippen molar-refractivity contribution in [1.82, 2.24) is 4.98 Å². The van der Waals surface area contributed by atoms with E-state index in [1.54, 1.807) is 19.9 Å². The van der Waals surface area contributed by atoms with Gasteiger partial charge in [0, 0.05) is 0 Å². The second-order valence-corrected chi connectivity index (χ2v) is 9.38. The van der Waals surface area contributed by atoms with Gasteiger partial charge < -0.3 is 4.74 Å². The van der Waals surface area contributed by atoms with E-state index >= 15 is 0 Å². The topological polar surface area (TPSA) is 51.2 Å². The number of thiazole rings is 1. The van der Waals surface area contributed by atoms with E-state index in [1.165, 1.54) is 16.9 Å². The molecule has 0 aliphatic rings. The van der Waals surface area contributed by atoms with Crippen LogP contribution in [0.1, 0.15) is 40.2 Å². The lowest BCUT2D eigenvalue weighted by Gasteiger charge is -2.25. The Kier molecular flexibility index (Phi) is 5.19. The van der Waals surface area contributed by atoms with Crippen molar-refractivity contribution < 1.29 is 9.53 Å². The van der Waals surface area contributed by atoms with Crippen LogP contribution in [0.2, 0.25) is 5.02 Å². The summed E-state index contributed by atoms with van der Waals surface area (Å²) in [5.74, 6) is 0.382. The predicted molar refractivity (Wildman–Crippen MR) is 113 cm³/mol. The number of halogens is 1. The van der Waals surface area contributed by atoms with Crippen LogP contribution in [0, 0.1) is 0 Å². The van der Waals surface area contributed by atoms with Gasteiger partial charge in [-0.3, -0.25) is 10.1 Å². The largest absolute Gasteiger partial charge is 0.478 e. The zero-order valence-electron chi connectivity index (χ0n) is 16.1. The molecule has 0 spiro atoms. The number of aromatic nitrogens is 1. The molecule has 0 atom stereocenters. The predicted octanol–water partition coefficient (Wildman–Crippen LogP) is 6.04. The van der Waals surface area contributed by atoms with Gasteiger partial charge in [-0.2, -0.15) is 0 Å². The maximum atomic E-state index is 12.7. The Morgan fingerprint density at radius 2 is 1.74 bits per heavy atom. The lowest BCUT2D eigenvalue weighted by Crippen LogP contribution is -2.42. The minimum Gasteiger partial charge on any atom is -0.478 e. The van der Waals surface area contributed by atoms with Crippen molar-refractivity contribution in [3.05, 3.63) is 53.1 Å². The Hall–Kier alpha value is -2.11. The molecule has 0 unspecified atom stereocenters. The summed E-state index contributed by atoms with van der Waals surface area (Å²) in [5.41, 5.74) is 0.921. The number of hydrogen-bond acceptors (Lipinski definition) is 4. The number of carbonyl (C=O) groups excluding carboxylic acids is 1. The number of anilines is 1. The van der Waals surface area contributed by atoms with Crippen molar-refractivity contribution in [2.75, 3.05) is 5.32 Å². The van der Waals surface area contributed by atoms with Crippen molar-refractivity contribution in [1.29, 1.82) is 0 Å². The number of benzene rings is 2. The maximum absolute atomic E-state index is 12.7. The number of amides is 1. The standard InChI is InChI=1S/C21H23ClN2O2S/c1-20(2,3)13-9-11-14(12-10-13)26-21(4,5)18(25)24-19-23-17-15(22)7-6-8-16(17)27-19/h6-12H,1-5H3,(H,23,24,25). The van der Waals surface area contributed by atoms with Gasteiger partial charge in [0.25, 0.3) is 5.91 Å². The first-order valence-electron chi connectivity index (χ1n) is 8.72. The monoisotopic (exact) mass is 402 g/mol. The first-order chi connectivity index (χ1) is 12.6. The molecule has 4 nitrogen and oxygen atoms in total. The van der Waals surface area contributed by atoms with Gasteiger partial charge >= 0.3 is 0 Å². The molecule has 3 rings (SSSR count). The summed E-state index contributed by atoms with van der Waals surface area (Å²) >= 11 is 7.54. The lowest BCUT2D eigenvalue weighted by atomic mass is 9.87. The molecule has 0 radical (unpaired) electrons. The number of para-hydroxylation sites is 1. The van der Waals surface area contributed by atoms with Crippen molar-refractivity contribution in [3.8, 4) is 5.75 Å². The molecule has 0 aliphatic carbocycles. The number of nitrogens with zero attached hydrogens (tertiary/aromatic N) is 1. The van der Waals surface area contributed by atoms with Crippen molar-refractivity contribution in [2.45, 2.75) is 45.6 Å². The van der Waals surface area contributed by atoms with E-state index in [0.29, 0.717) is 21.4 Å². The number of carbonyl (C=O) groups is 1. The average Bonchev–Trinajstić information content (AvgIpc) is 2.98. The van der Waals surface area contributed by atoms with Crippen LogP contribution in [0.3, 0.4) is 0 Å². The molecule has 1 N–H and O–H groups in total. The first kappa shape index (κ1) is 19.6. The molecular formula is C21H23ClN2O2S. The van der Waals surface area contributed by atoms with Crippen LogP contribution < -0.4 is 10.1 Å². The molecule has 0 aliphatic heterocycles. The summed E-state index contributed by atoms with van der Waals surface area (Å²) in [7, 11) is 0.